The molecule has 2 fully saturated rings. The predicted molar refractivity (Wildman–Crippen MR) is 176 cm³/mol. The van der Waals surface area contributed by atoms with Gasteiger partial charge < -0.3 is 23.7 Å². The van der Waals surface area contributed by atoms with Crippen LogP contribution in [0.3, 0.4) is 0 Å². The minimum atomic E-state index is -1.49. The normalized spacial score (nSPS) is 23.1. The van der Waals surface area contributed by atoms with Crippen LogP contribution in [-0.4, -0.2) is 86.0 Å². The average molecular weight is 694 g/mol. The summed E-state index contributed by atoms with van der Waals surface area (Å²) >= 11 is 6.62. The van der Waals surface area contributed by atoms with Crippen LogP contribution < -0.4 is 0 Å². The summed E-state index contributed by atoms with van der Waals surface area (Å²) < 4.78 is 29.6. The average Bonchev–Trinajstić information content (AvgIpc) is 3.58. The number of carbonyl (C=O) groups is 5. The molecule has 2 aliphatic heterocycles. The van der Waals surface area contributed by atoms with Crippen LogP contribution in [0.4, 0.5) is 4.79 Å². The number of hydrogen-bond donors (Lipinski definition) is 0. The fourth-order valence-corrected chi connectivity index (χ4v) is 6.56. The molecule has 2 saturated heterocycles. The number of benzene rings is 2. The van der Waals surface area contributed by atoms with Crippen LogP contribution in [0.25, 0.3) is 23.0 Å². The molecule has 3 heterocycles. The highest BCUT2D eigenvalue weighted by atomic mass is 32.2. The molecule has 5 rings (SSSR count). The smallest absolute Gasteiger partial charge is 0.303 e. The second-order valence-electron chi connectivity index (χ2n) is 10.7. The molecule has 2 aliphatic rings. The van der Waals surface area contributed by atoms with Gasteiger partial charge in [-0.3, -0.25) is 28.9 Å². The van der Waals surface area contributed by atoms with Crippen molar-refractivity contribution in [2.75, 3.05) is 6.61 Å². The first-order chi connectivity index (χ1) is 22.9. The third kappa shape index (κ3) is 7.81. The standard InChI is InChI=1S/C33H31N3O10S2/c1-18(37)42-17-25-28(43-19(2)38)29(44-20(3)39)30(45-21(4)40)31(46-25)36-32(47)26(48-33(36)41)15-23-16-35(24-13-9-6-10-14-24)34-27(23)22-11-7-5-8-12-22/h5-16,25,28-31H,17H2,1-4H3/b26-15+/t25-,28-,29+,30-,31-/m1/s1. The van der Waals surface area contributed by atoms with E-state index in [-0.39, 0.29) is 4.99 Å². The number of nitrogens with zero attached hydrogens (tertiary/aromatic N) is 3. The van der Waals surface area contributed by atoms with Crippen molar-refractivity contribution in [1.29, 1.82) is 0 Å². The number of rotatable bonds is 9. The maximum Gasteiger partial charge on any atom is 0.303 e. The summed E-state index contributed by atoms with van der Waals surface area (Å²) in [7, 11) is 0. The number of thioether (sulfide) groups is 1. The van der Waals surface area contributed by atoms with Gasteiger partial charge >= 0.3 is 23.9 Å². The highest BCUT2D eigenvalue weighted by Gasteiger charge is 2.56. The van der Waals surface area contributed by atoms with Crippen molar-refractivity contribution in [3.63, 3.8) is 0 Å². The molecule has 0 saturated carbocycles. The molecule has 3 aromatic rings. The van der Waals surface area contributed by atoms with E-state index < -0.39 is 66.4 Å². The number of hydrogen-bond acceptors (Lipinski definition) is 13. The number of thiocarbonyl (C=S) groups is 1. The zero-order chi connectivity index (χ0) is 34.5. The van der Waals surface area contributed by atoms with Gasteiger partial charge in [0, 0.05) is 45.0 Å². The van der Waals surface area contributed by atoms with E-state index in [1.807, 2.05) is 66.9 Å². The number of carbonyl (C=O) groups excluding carboxylic acids is 5. The third-order valence-corrected chi connectivity index (χ3v) is 8.59. The van der Waals surface area contributed by atoms with Gasteiger partial charge in [0.15, 0.2) is 24.5 Å². The molecule has 2 aromatic carbocycles. The van der Waals surface area contributed by atoms with Gasteiger partial charge in [-0.15, -0.1) is 0 Å². The van der Waals surface area contributed by atoms with Crippen molar-refractivity contribution in [3.8, 4) is 16.9 Å². The van der Waals surface area contributed by atoms with Crippen molar-refractivity contribution in [2.24, 2.45) is 0 Å². The molecule has 48 heavy (non-hydrogen) atoms. The summed E-state index contributed by atoms with van der Waals surface area (Å²) in [6, 6.07) is 19.0. The lowest BCUT2D eigenvalue weighted by Gasteiger charge is -2.46. The summed E-state index contributed by atoms with van der Waals surface area (Å²) in [5, 5.41) is 4.23. The lowest BCUT2D eigenvalue weighted by Crippen LogP contribution is -2.66. The second kappa shape index (κ2) is 14.9. The Hall–Kier alpha value is -4.86. The van der Waals surface area contributed by atoms with Gasteiger partial charge in [0.25, 0.3) is 5.24 Å². The molecule has 5 atom stereocenters. The van der Waals surface area contributed by atoms with E-state index in [1.54, 1.807) is 10.8 Å². The van der Waals surface area contributed by atoms with Gasteiger partial charge in [-0.1, -0.05) is 60.7 Å². The van der Waals surface area contributed by atoms with Crippen LogP contribution in [0.15, 0.2) is 71.8 Å². The first-order valence-electron chi connectivity index (χ1n) is 14.7. The lowest BCUT2D eigenvalue weighted by molar-refractivity contribution is -0.265. The van der Waals surface area contributed by atoms with E-state index in [2.05, 4.69) is 0 Å². The molecule has 0 spiro atoms. The largest absolute Gasteiger partial charge is 0.463 e. The molecule has 0 radical (unpaired) electrons. The Morgan fingerprint density at radius 3 is 2.04 bits per heavy atom. The van der Waals surface area contributed by atoms with E-state index in [0.717, 1.165) is 48.7 Å². The van der Waals surface area contributed by atoms with Crippen molar-refractivity contribution >= 4 is 64.2 Å². The van der Waals surface area contributed by atoms with Crippen LogP contribution in [0.2, 0.25) is 0 Å². The minimum absolute atomic E-state index is 0.0253. The van der Waals surface area contributed by atoms with Gasteiger partial charge in [0.1, 0.15) is 17.7 Å². The van der Waals surface area contributed by atoms with Crippen molar-refractivity contribution in [3.05, 3.63) is 77.3 Å². The van der Waals surface area contributed by atoms with Crippen LogP contribution in [0, 0.1) is 0 Å². The Kier molecular flexibility index (Phi) is 10.7. The van der Waals surface area contributed by atoms with E-state index in [4.69, 9.17) is 41.0 Å². The first kappa shape index (κ1) is 34.5. The van der Waals surface area contributed by atoms with E-state index in [1.165, 1.54) is 6.92 Å². The maximum absolute atomic E-state index is 13.7. The highest BCUT2D eigenvalue weighted by molar-refractivity contribution is 8.19. The van der Waals surface area contributed by atoms with Crippen molar-refractivity contribution in [1.82, 2.24) is 14.7 Å². The molecule has 250 valence electrons. The maximum atomic E-state index is 13.7. The van der Waals surface area contributed by atoms with Gasteiger partial charge in [-0.2, -0.15) is 5.10 Å². The van der Waals surface area contributed by atoms with Crippen molar-refractivity contribution < 1.29 is 47.7 Å². The molecule has 0 N–H and O–H groups in total. The van der Waals surface area contributed by atoms with Crippen LogP contribution in [-0.2, 0) is 42.9 Å². The molecule has 13 nitrogen and oxygen atoms in total. The quantitative estimate of drug-likeness (QED) is 0.134. The first-order valence-corrected chi connectivity index (χ1v) is 15.9. The number of ether oxygens (including phenoxy) is 5. The summed E-state index contributed by atoms with van der Waals surface area (Å²) in [6.45, 7) is 4.08. The molecule has 0 bridgehead atoms. The molecule has 1 amide bonds. The SMILES string of the molecule is CC(=O)OC[C@H]1O[C@@H](N2C(=O)S/C(=C/c3cn(-c4ccccc4)nc3-c3ccccc3)C2=S)[C@H](OC(C)=O)[C@@H](OC(C)=O)[C@@H]1OC(C)=O. The Bertz CT molecular complexity index is 1760. The third-order valence-electron chi connectivity index (χ3n) is 7.14. The van der Waals surface area contributed by atoms with E-state index >= 15 is 0 Å². The monoisotopic (exact) mass is 693 g/mol. The molecule has 0 aliphatic carbocycles. The van der Waals surface area contributed by atoms with Crippen LogP contribution >= 0.6 is 24.0 Å². The molecule has 15 heteroatoms. The zero-order valence-electron chi connectivity index (χ0n) is 26.3. The predicted octanol–water partition coefficient (Wildman–Crippen LogP) is 4.46. The number of esters is 4. The molecule has 1 aromatic heterocycles. The number of aromatic nitrogens is 2. The molecular weight excluding hydrogens is 663 g/mol. The van der Waals surface area contributed by atoms with Gasteiger partial charge in [0.05, 0.1) is 16.3 Å². The lowest BCUT2D eigenvalue weighted by atomic mass is 9.96. The van der Waals surface area contributed by atoms with Gasteiger partial charge in [0.2, 0.25) is 0 Å². The Morgan fingerprint density at radius 2 is 1.44 bits per heavy atom. The molecule has 0 unspecified atom stereocenters. The van der Waals surface area contributed by atoms with Gasteiger partial charge in [-0.05, 0) is 30.0 Å². The Labute approximate surface area is 285 Å². The number of para-hydroxylation sites is 1. The van der Waals surface area contributed by atoms with Gasteiger partial charge in [-0.25, -0.2) is 4.68 Å². The van der Waals surface area contributed by atoms with Crippen LogP contribution in [0.1, 0.15) is 33.3 Å². The number of amides is 1. The zero-order valence-corrected chi connectivity index (χ0v) is 27.9. The minimum Gasteiger partial charge on any atom is -0.463 e. The fourth-order valence-electron chi connectivity index (χ4n) is 5.28. The molecular formula is C33H31N3O10S2. The summed E-state index contributed by atoms with van der Waals surface area (Å²) in [6.07, 6.45) is -3.51. The summed E-state index contributed by atoms with van der Waals surface area (Å²) in [5.41, 5.74) is 2.94. The van der Waals surface area contributed by atoms with Crippen LogP contribution in [0.5, 0.6) is 0 Å². The summed E-state index contributed by atoms with van der Waals surface area (Å²) in [4.78, 5) is 63.6. The summed E-state index contributed by atoms with van der Waals surface area (Å²) in [5.74, 6) is -3.03. The van der Waals surface area contributed by atoms with Crippen molar-refractivity contribution in [2.45, 2.75) is 58.3 Å². The Morgan fingerprint density at radius 1 is 0.854 bits per heavy atom. The van der Waals surface area contributed by atoms with E-state index in [9.17, 15) is 24.0 Å². The topological polar surface area (TPSA) is 153 Å². The highest BCUT2D eigenvalue weighted by Crippen LogP contribution is 2.40. The second-order valence-corrected chi connectivity index (χ2v) is 12.1. The fraction of sp³-hybridized carbons (Fsp3) is 0.303. The van der Waals surface area contributed by atoms with E-state index in [0.29, 0.717) is 16.2 Å². The Balaban J connectivity index is 1.56.